The summed E-state index contributed by atoms with van der Waals surface area (Å²) < 4.78 is 0. The van der Waals surface area contributed by atoms with Crippen LogP contribution in [0.2, 0.25) is 0 Å². The molecule has 0 amide bonds. The number of rotatable bonds is 5. The van der Waals surface area contributed by atoms with Crippen LogP contribution in [0.4, 0.5) is 0 Å². The lowest BCUT2D eigenvalue weighted by Gasteiger charge is -2.27. The van der Waals surface area contributed by atoms with Gasteiger partial charge in [0, 0.05) is 6.04 Å². The molecule has 0 aliphatic rings. The van der Waals surface area contributed by atoms with Gasteiger partial charge in [-0.15, -0.1) is 0 Å². The first-order valence-corrected chi connectivity index (χ1v) is 4.57. The van der Waals surface area contributed by atoms with E-state index in [1.165, 1.54) is 19.3 Å². The molecule has 0 saturated carbocycles. The SMILES string of the molecule is CCCCC(C)N(C)C(C)N. The number of nitrogens with two attached hydrogens (primary N) is 1. The highest BCUT2D eigenvalue weighted by Crippen LogP contribution is 2.06. The van der Waals surface area contributed by atoms with Crippen molar-refractivity contribution in [1.82, 2.24) is 4.90 Å². The lowest BCUT2D eigenvalue weighted by atomic mass is 10.1. The molecule has 0 saturated heterocycles. The Balaban J connectivity index is 3.55. The molecular weight excluding hydrogens is 136 g/mol. The van der Waals surface area contributed by atoms with Gasteiger partial charge in [0.25, 0.3) is 0 Å². The van der Waals surface area contributed by atoms with E-state index in [-0.39, 0.29) is 6.17 Å². The van der Waals surface area contributed by atoms with Gasteiger partial charge in [0.2, 0.25) is 0 Å². The van der Waals surface area contributed by atoms with Crippen LogP contribution in [0.3, 0.4) is 0 Å². The van der Waals surface area contributed by atoms with Crippen molar-refractivity contribution in [2.75, 3.05) is 7.05 Å². The fourth-order valence-electron chi connectivity index (χ4n) is 1.10. The van der Waals surface area contributed by atoms with Gasteiger partial charge >= 0.3 is 0 Å². The van der Waals surface area contributed by atoms with E-state index in [1.807, 2.05) is 6.92 Å². The molecule has 2 nitrogen and oxygen atoms in total. The lowest BCUT2D eigenvalue weighted by molar-refractivity contribution is 0.188. The second kappa shape index (κ2) is 5.56. The normalized spacial score (nSPS) is 16.9. The molecule has 0 aromatic heterocycles. The van der Waals surface area contributed by atoms with Crippen molar-refractivity contribution in [3.05, 3.63) is 0 Å². The van der Waals surface area contributed by atoms with Crippen molar-refractivity contribution < 1.29 is 0 Å². The second-order valence-corrected chi connectivity index (χ2v) is 3.40. The lowest BCUT2D eigenvalue weighted by Crippen LogP contribution is -2.42. The largest absolute Gasteiger partial charge is 0.316 e. The summed E-state index contributed by atoms with van der Waals surface area (Å²) in [5.41, 5.74) is 5.73. The predicted octanol–water partition coefficient (Wildman–Crippen LogP) is 1.80. The Bertz CT molecular complexity index is 91.6. The van der Waals surface area contributed by atoms with Crippen LogP contribution in [-0.2, 0) is 0 Å². The van der Waals surface area contributed by atoms with Crippen LogP contribution >= 0.6 is 0 Å². The van der Waals surface area contributed by atoms with Crippen molar-refractivity contribution in [3.63, 3.8) is 0 Å². The number of hydrogen-bond donors (Lipinski definition) is 1. The zero-order valence-electron chi connectivity index (χ0n) is 8.30. The molecule has 0 aliphatic carbocycles. The van der Waals surface area contributed by atoms with Crippen molar-refractivity contribution in [1.29, 1.82) is 0 Å². The first-order valence-electron chi connectivity index (χ1n) is 4.57. The van der Waals surface area contributed by atoms with Crippen LogP contribution in [0.1, 0.15) is 40.0 Å². The minimum absolute atomic E-state index is 0.182. The fraction of sp³-hybridized carbons (Fsp3) is 1.00. The standard InChI is InChI=1S/C9H22N2/c1-5-6-7-8(2)11(4)9(3)10/h8-9H,5-7,10H2,1-4H3. The smallest absolute Gasteiger partial charge is 0.0542 e. The Morgan fingerprint density at radius 1 is 1.36 bits per heavy atom. The Labute approximate surface area is 70.8 Å². The van der Waals surface area contributed by atoms with Crippen molar-refractivity contribution in [2.45, 2.75) is 52.2 Å². The third-order valence-electron chi connectivity index (χ3n) is 2.31. The van der Waals surface area contributed by atoms with E-state index in [0.29, 0.717) is 6.04 Å². The Morgan fingerprint density at radius 3 is 2.27 bits per heavy atom. The van der Waals surface area contributed by atoms with E-state index in [1.54, 1.807) is 0 Å². The summed E-state index contributed by atoms with van der Waals surface area (Å²) in [6.45, 7) is 6.49. The molecule has 2 atom stereocenters. The summed E-state index contributed by atoms with van der Waals surface area (Å²) in [5, 5.41) is 0. The van der Waals surface area contributed by atoms with Crippen LogP contribution in [-0.4, -0.2) is 24.2 Å². The van der Waals surface area contributed by atoms with Crippen LogP contribution in [0.5, 0.6) is 0 Å². The molecule has 0 spiro atoms. The first kappa shape index (κ1) is 10.9. The van der Waals surface area contributed by atoms with E-state index < -0.39 is 0 Å². The van der Waals surface area contributed by atoms with Gasteiger partial charge < -0.3 is 5.73 Å². The van der Waals surface area contributed by atoms with E-state index in [2.05, 4.69) is 25.8 Å². The molecule has 11 heavy (non-hydrogen) atoms. The highest BCUT2D eigenvalue weighted by Gasteiger charge is 2.10. The molecule has 2 heteroatoms. The maximum absolute atomic E-state index is 5.73. The van der Waals surface area contributed by atoms with E-state index in [4.69, 9.17) is 5.73 Å². The third kappa shape index (κ3) is 4.38. The monoisotopic (exact) mass is 158 g/mol. The van der Waals surface area contributed by atoms with Gasteiger partial charge in [0.1, 0.15) is 0 Å². The minimum Gasteiger partial charge on any atom is -0.316 e. The van der Waals surface area contributed by atoms with Crippen LogP contribution < -0.4 is 5.73 Å². The van der Waals surface area contributed by atoms with Gasteiger partial charge in [0.15, 0.2) is 0 Å². The highest BCUT2D eigenvalue weighted by molar-refractivity contribution is 4.65. The van der Waals surface area contributed by atoms with E-state index in [0.717, 1.165) is 0 Å². The molecule has 0 aromatic rings. The Kier molecular flexibility index (Phi) is 5.51. The molecule has 68 valence electrons. The maximum Gasteiger partial charge on any atom is 0.0542 e. The first-order chi connectivity index (χ1) is 5.09. The molecule has 0 heterocycles. The van der Waals surface area contributed by atoms with Crippen LogP contribution in [0, 0.1) is 0 Å². The predicted molar refractivity (Wildman–Crippen MR) is 50.4 cm³/mol. The Morgan fingerprint density at radius 2 is 1.91 bits per heavy atom. The van der Waals surface area contributed by atoms with Crippen LogP contribution in [0.25, 0.3) is 0 Å². The summed E-state index contributed by atoms with van der Waals surface area (Å²) in [4.78, 5) is 2.22. The molecule has 0 radical (unpaired) electrons. The molecule has 0 aromatic carbocycles. The molecule has 0 bridgehead atoms. The van der Waals surface area contributed by atoms with Gasteiger partial charge in [-0.1, -0.05) is 19.8 Å². The van der Waals surface area contributed by atoms with E-state index in [9.17, 15) is 0 Å². The highest BCUT2D eigenvalue weighted by atomic mass is 15.2. The molecule has 2 N–H and O–H groups in total. The molecule has 0 rings (SSSR count). The third-order valence-corrected chi connectivity index (χ3v) is 2.31. The second-order valence-electron chi connectivity index (χ2n) is 3.40. The Hall–Kier alpha value is -0.0800. The molecule has 0 aliphatic heterocycles. The van der Waals surface area contributed by atoms with Crippen molar-refractivity contribution in [3.8, 4) is 0 Å². The van der Waals surface area contributed by atoms with Gasteiger partial charge in [0.05, 0.1) is 6.17 Å². The zero-order chi connectivity index (χ0) is 8.85. The number of hydrogen-bond acceptors (Lipinski definition) is 2. The number of unbranched alkanes of at least 4 members (excludes halogenated alkanes) is 1. The topological polar surface area (TPSA) is 29.3 Å². The van der Waals surface area contributed by atoms with Gasteiger partial charge in [-0.3, -0.25) is 4.90 Å². The molecule has 0 fully saturated rings. The number of nitrogens with zero attached hydrogens (tertiary/aromatic N) is 1. The quantitative estimate of drug-likeness (QED) is 0.618. The summed E-state index contributed by atoms with van der Waals surface area (Å²) >= 11 is 0. The van der Waals surface area contributed by atoms with Crippen molar-refractivity contribution >= 4 is 0 Å². The molecular formula is C9H22N2. The minimum atomic E-state index is 0.182. The fourth-order valence-corrected chi connectivity index (χ4v) is 1.10. The average molecular weight is 158 g/mol. The summed E-state index contributed by atoms with van der Waals surface area (Å²) in [5.74, 6) is 0. The van der Waals surface area contributed by atoms with Crippen LogP contribution in [0.15, 0.2) is 0 Å². The molecule has 2 unspecified atom stereocenters. The van der Waals surface area contributed by atoms with E-state index >= 15 is 0 Å². The van der Waals surface area contributed by atoms with Gasteiger partial charge in [-0.05, 0) is 27.3 Å². The van der Waals surface area contributed by atoms with Gasteiger partial charge in [-0.25, -0.2) is 0 Å². The summed E-state index contributed by atoms with van der Waals surface area (Å²) in [7, 11) is 2.09. The van der Waals surface area contributed by atoms with Gasteiger partial charge in [-0.2, -0.15) is 0 Å². The zero-order valence-corrected chi connectivity index (χ0v) is 8.30. The average Bonchev–Trinajstić information content (AvgIpc) is 1.98. The maximum atomic E-state index is 5.73. The summed E-state index contributed by atoms with van der Waals surface area (Å²) in [6.07, 6.45) is 4.02. The van der Waals surface area contributed by atoms with Crippen molar-refractivity contribution in [2.24, 2.45) is 5.73 Å². The summed E-state index contributed by atoms with van der Waals surface area (Å²) in [6, 6.07) is 0.620.